The van der Waals surface area contributed by atoms with Crippen molar-refractivity contribution in [2.24, 2.45) is 0 Å². The first-order valence-electron chi connectivity index (χ1n) is 16.4. The van der Waals surface area contributed by atoms with E-state index in [1.54, 1.807) is 0 Å². The molecule has 4 heterocycles. The highest BCUT2D eigenvalue weighted by Crippen LogP contribution is 2.38. The van der Waals surface area contributed by atoms with E-state index in [-0.39, 0.29) is 22.7 Å². The molecule has 0 amide bonds. The molecule has 15 atom stereocenters. The Balaban J connectivity index is 1.19. The van der Waals surface area contributed by atoms with Gasteiger partial charge in [-0.15, -0.1) is 0 Å². The highest BCUT2D eigenvalue weighted by atomic mass is 16.7. The van der Waals surface area contributed by atoms with Gasteiger partial charge >= 0.3 is 0 Å². The topological polar surface area (TPSA) is 328 Å². The molecule has 20 nitrogen and oxygen atoms in total. The summed E-state index contributed by atoms with van der Waals surface area (Å²) >= 11 is 0. The second-order valence-corrected chi connectivity index (χ2v) is 13.0. The largest absolute Gasteiger partial charge is 0.508 e. The van der Waals surface area contributed by atoms with Crippen LogP contribution >= 0.6 is 0 Å². The molecule has 0 aliphatic carbocycles. The van der Waals surface area contributed by atoms with Gasteiger partial charge in [-0.1, -0.05) is 0 Å². The van der Waals surface area contributed by atoms with E-state index in [1.165, 1.54) is 31.2 Å². The van der Waals surface area contributed by atoms with Crippen molar-refractivity contribution in [2.75, 3.05) is 13.2 Å². The Morgan fingerprint density at radius 1 is 0.604 bits per heavy atom. The first-order valence-corrected chi connectivity index (χ1v) is 16.4. The monoisotopic (exact) mass is 756 g/mol. The summed E-state index contributed by atoms with van der Waals surface area (Å²) in [5.74, 6) is -2.21. The summed E-state index contributed by atoms with van der Waals surface area (Å²) in [6.45, 7) is 0.104. The van der Waals surface area contributed by atoms with Gasteiger partial charge in [-0.05, 0) is 31.2 Å². The molecule has 12 N–H and O–H groups in total. The van der Waals surface area contributed by atoms with Crippen molar-refractivity contribution in [1.82, 2.24) is 0 Å². The lowest BCUT2D eigenvalue weighted by Crippen LogP contribution is -2.62. The SMILES string of the molecule is C[C@@H]1O[C@@H](OC[C@H]2O[C@@H](OC[C@H]3O[C@@H](Oc4c(-c5ccc(O)cc5)oc5cc(O)cc(O)c5c4=O)[C@H](O)[C@@H](O)[C@@H]3O)[C@H](O)[C@@H](O)[C@@H]2O)[C@H](O)[C@H](O)[C@H]1O. The van der Waals surface area contributed by atoms with Crippen LogP contribution < -0.4 is 10.2 Å². The van der Waals surface area contributed by atoms with E-state index < -0.39 is 133 Å². The minimum absolute atomic E-state index is 0.138. The molecular weight excluding hydrogens is 716 g/mol. The summed E-state index contributed by atoms with van der Waals surface area (Å²) in [5.41, 5.74) is -1.10. The summed E-state index contributed by atoms with van der Waals surface area (Å²) in [4.78, 5) is 13.7. The van der Waals surface area contributed by atoms with Gasteiger partial charge in [0.25, 0.3) is 0 Å². The average molecular weight is 757 g/mol. The maximum Gasteiger partial charge on any atom is 0.239 e. The lowest BCUT2D eigenvalue weighted by atomic mass is 9.98. The van der Waals surface area contributed by atoms with E-state index in [4.69, 9.17) is 32.8 Å². The molecular formula is C33H40O20. The van der Waals surface area contributed by atoms with Gasteiger partial charge in [-0.3, -0.25) is 4.79 Å². The summed E-state index contributed by atoms with van der Waals surface area (Å²) in [5, 5.41) is 124. The summed E-state index contributed by atoms with van der Waals surface area (Å²) in [7, 11) is 0. The number of ether oxygens (including phenoxy) is 6. The number of rotatable bonds is 9. The molecule has 20 heteroatoms. The van der Waals surface area contributed by atoms with Gasteiger partial charge in [-0.25, -0.2) is 0 Å². The predicted octanol–water partition coefficient (Wildman–Crippen LogP) is -3.57. The fourth-order valence-corrected chi connectivity index (χ4v) is 6.17. The van der Waals surface area contributed by atoms with Crippen molar-refractivity contribution in [3.8, 4) is 34.3 Å². The van der Waals surface area contributed by atoms with Gasteiger partial charge in [0, 0.05) is 17.7 Å². The highest BCUT2D eigenvalue weighted by Gasteiger charge is 2.49. The van der Waals surface area contributed by atoms with Crippen molar-refractivity contribution in [3.05, 3.63) is 46.6 Å². The Hall–Kier alpha value is -3.71. The third-order valence-electron chi connectivity index (χ3n) is 9.28. The van der Waals surface area contributed by atoms with Crippen LogP contribution in [-0.2, 0) is 23.7 Å². The minimum atomic E-state index is -2.01. The number of phenols is 3. The maximum absolute atomic E-state index is 13.7. The smallest absolute Gasteiger partial charge is 0.239 e. The van der Waals surface area contributed by atoms with Gasteiger partial charge in [0.2, 0.25) is 17.5 Å². The van der Waals surface area contributed by atoms with Crippen LogP contribution in [-0.4, -0.2) is 167 Å². The van der Waals surface area contributed by atoms with Crippen LogP contribution in [0, 0.1) is 0 Å². The van der Waals surface area contributed by atoms with Crippen LogP contribution in [0.1, 0.15) is 6.92 Å². The Kier molecular flexibility index (Phi) is 11.5. The average Bonchev–Trinajstić information content (AvgIpc) is 3.12. The van der Waals surface area contributed by atoms with Crippen molar-refractivity contribution < 1.29 is 94.1 Å². The molecule has 0 bridgehead atoms. The molecule has 0 unspecified atom stereocenters. The number of fused-ring (bicyclic) bond motifs is 1. The van der Waals surface area contributed by atoms with E-state index in [9.17, 15) is 66.1 Å². The number of aliphatic hydroxyl groups is 9. The van der Waals surface area contributed by atoms with Crippen molar-refractivity contribution in [2.45, 2.75) is 99.0 Å². The van der Waals surface area contributed by atoms with Gasteiger partial charge in [0.05, 0.1) is 19.3 Å². The van der Waals surface area contributed by atoms with Crippen molar-refractivity contribution in [1.29, 1.82) is 0 Å². The Labute approximate surface area is 298 Å². The van der Waals surface area contributed by atoms with E-state index in [2.05, 4.69) is 0 Å². The zero-order valence-electron chi connectivity index (χ0n) is 27.7. The lowest BCUT2D eigenvalue weighted by molar-refractivity contribution is -0.337. The molecule has 3 saturated heterocycles. The number of hydrogen-bond donors (Lipinski definition) is 12. The summed E-state index contributed by atoms with van der Waals surface area (Å²) in [6.07, 6.45) is -25.2. The summed E-state index contributed by atoms with van der Waals surface area (Å²) in [6, 6.07) is 7.16. The van der Waals surface area contributed by atoms with E-state index in [0.717, 1.165) is 12.1 Å². The molecule has 0 spiro atoms. The molecule has 2 aromatic carbocycles. The van der Waals surface area contributed by atoms with Crippen LogP contribution in [0.3, 0.4) is 0 Å². The molecule has 1 aromatic heterocycles. The number of hydrogen-bond acceptors (Lipinski definition) is 20. The first-order chi connectivity index (χ1) is 25.1. The third kappa shape index (κ3) is 7.65. The number of aliphatic hydroxyl groups excluding tert-OH is 9. The Morgan fingerprint density at radius 3 is 1.70 bits per heavy atom. The van der Waals surface area contributed by atoms with Gasteiger partial charge in [0.1, 0.15) is 95.4 Å². The Morgan fingerprint density at radius 2 is 1.11 bits per heavy atom. The molecule has 3 aliphatic rings. The highest BCUT2D eigenvalue weighted by molar-refractivity contribution is 5.88. The first kappa shape index (κ1) is 39.0. The third-order valence-corrected chi connectivity index (χ3v) is 9.28. The molecule has 0 radical (unpaired) electrons. The predicted molar refractivity (Wildman–Crippen MR) is 171 cm³/mol. The van der Waals surface area contributed by atoms with Gasteiger partial charge in [-0.2, -0.15) is 0 Å². The number of benzene rings is 2. The zero-order valence-corrected chi connectivity index (χ0v) is 27.7. The fourth-order valence-electron chi connectivity index (χ4n) is 6.17. The molecule has 6 rings (SSSR count). The van der Waals surface area contributed by atoms with Crippen molar-refractivity contribution >= 4 is 11.0 Å². The zero-order chi connectivity index (χ0) is 38.5. The van der Waals surface area contributed by atoms with Gasteiger partial charge in [0.15, 0.2) is 18.3 Å². The fraction of sp³-hybridized carbons (Fsp3) is 0.545. The number of aromatic hydroxyl groups is 3. The van der Waals surface area contributed by atoms with Gasteiger partial charge < -0.3 is 94.1 Å². The van der Waals surface area contributed by atoms with Crippen LogP contribution in [0.15, 0.2) is 45.6 Å². The minimum Gasteiger partial charge on any atom is -0.508 e. The standard InChI is InChI=1S/C33H40O20/c1-10-19(37)23(41)26(44)31(49-10)47-8-16-20(38)24(42)27(45)32(51-16)48-9-17-21(39)25(43)28(46)33(52-17)53-30-22(40)18-14(36)6-13(35)7-15(18)50-29(30)11-2-4-12(34)5-3-11/h2-7,10,16-17,19-21,23-28,31-39,41-46H,8-9H2,1H3/t10-,16+,17+,19-,20+,21+,23+,24-,25-,26+,27+,28+,31+,32+,33-/m0/s1. The van der Waals surface area contributed by atoms with Crippen LogP contribution in [0.4, 0.5) is 0 Å². The lowest BCUT2D eigenvalue weighted by Gasteiger charge is -2.43. The van der Waals surface area contributed by atoms with Crippen molar-refractivity contribution in [3.63, 3.8) is 0 Å². The number of phenolic OH excluding ortho intramolecular Hbond substituents is 3. The molecule has 3 fully saturated rings. The maximum atomic E-state index is 13.7. The second-order valence-electron chi connectivity index (χ2n) is 13.0. The summed E-state index contributed by atoms with van der Waals surface area (Å²) < 4.78 is 39.2. The Bertz CT molecular complexity index is 1790. The molecule has 3 aromatic rings. The van der Waals surface area contributed by atoms with Crippen LogP contribution in [0.5, 0.6) is 23.0 Å². The normalized spacial score (nSPS) is 37.8. The van der Waals surface area contributed by atoms with E-state index in [0.29, 0.717) is 0 Å². The quantitative estimate of drug-likeness (QED) is 0.100. The molecule has 3 aliphatic heterocycles. The van der Waals surface area contributed by atoms with E-state index in [1.807, 2.05) is 0 Å². The molecule has 53 heavy (non-hydrogen) atoms. The van der Waals surface area contributed by atoms with Crippen LogP contribution in [0.2, 0.25) is 0 Å². The second kappa shape index (κ2) is 15.6. The van der Waals surface area contributed by atoms with Crippen LogP contribution in [0.25, 0.3) is 22.3 Å². The molecule has 292 valence electrons. The van der Waals surface area contributed by atoms with E-state index >= 15 is 0 Å². The molecule has 0 saturated carbocycles.